The maximum Gasteiger partial charge on any atom is 0.270 e. The highest BCUT2D eigenvalue weighted by atomic mass is 32.2. The Kier molecular flexibility index (Phi) is 5.15. The van der Waals surface area contributed by atoms with Crippen molar-refractivity contribution in [2.24, 2.45) is 0 Å². The molecule has 9 heteroatoms. The van der Waals surface area contributed by atoms with Gasteiger partial charge in [-0.2, -0.15) is 4.31 Å². The van der Waals surface area contributed by atoms with Crippen molar-refractivity contribution in [2.75, 3.05) is 44.2 Å². The number of pyridine rings is 1. The zero-order valence-electron chi connectivity index (χ0n) is 17.2. The van der Waals surface area contributed by atoms with Crippen LogP contribution in [0.1, 0.15) is 23.3 Å². The lowest BCUT2D eigenvalue weighted by Gasteiger charge is -2.35. The molecule has 2 aromatic heterocycles. The Morgan fingerprint density at radius 1 is 0.935 bits per heavy atom. The summed E-state index contributed by atoms with van der Waals surface area (Å²) in [4.78, 5) is 24.7. The van der Waals surface area contributed by atoms with Gasteiger partial charge in [0, 0.05) is 56.4 Å². The highest BCUT2D eigenvalue weighted by Gasteiger charge is 2.28. The second kappa shape index (κ2) is 7.97. The summed E-state index contributed by atoms with van der Waals surface area (Å²) in [5.41, 5.74) is 1.56. The maximum atomic E-state index is 12.9. The molecule has 0 aliphatic carbocycles. The van der Waals surface area contributed by atoms with Crippen molar-refractivity contribution in [2.45, 2.75) is 17.7 Å². The summed E-state index contributed by atoms with van der Waals surface area (Å²) in [5.74, 6) is 0.731. The minimum absolute atomic E-state index is 0.00383. The van der Waals surface area contributed by atoms with Crippen LogP contribution in [0.25, 0.3) is 10.9 Å². The summed E-state index contributed by atoms with van der Waals surface area (Å²) in [7, 11) is -3.45. The average molecular weight is 440 g/mol. The fraction of sp³-hybridized carbons (Fsp3) is 0.364. The summed E-state index contributed by atoms with van der Waals surface area (Å²) < 4.78 is 26.9. The zero-order chi connectivity index (χ0) is 21.4. The van der Waals surface area contributed by atoms with Crippen molar-refractivity contribution >= 4 is 32.7 Å². The van der Waals surface area contributed by atoms with Crippen LogP contribution in [0.3, 0.4) is 0 Å². The van der Waals surface area contributed by atoms with Crippen LogP contribution in [0.2, 0.25) is 0 Å². The number of hydrogen-bond acceptors (Lipinski definition) is 5. The number of H-pyrrole nitrogens is 1. The van der Waals surface area contributed by atoms with Crippen molar-refractivity contribution in [3.05, 3.63) is 54.4 Å². The van der Waals surface area contributed by atoms with Crippen LogP contribution in [0.5, 0.6) is 0 Å². The monoisotopic (exact) mass is 439 g/mol. The van der Waals surface area contributed by atoms with Crippen molar-refractivity contribution in [3.8, 4) is 0 Å². The van der Waals surface area contributed by atoms with Gasteiger partial charge in [-0.3, -0.25) is 4.79 Å². The number of piperazine rings is 1. The van der Waals surface area contributed by atoms with Gasteiger partial charge in [0.05, 0.1) is 0 Å². The first-order valence-electron chi connectivity index (χ1n) is 10.6. The highest BCUT2D eigenvalue weighted by Crippen LogP contribution is 2.23. The molecule has 0 atom stereocenters. The van der Waals surface area contributed by atoms with E-state index >= 15 is 0 Å². The van der Waals surface area contributed by atoms with Gasteiger partial charge in [0.1, 0.15) is 16.4 Å². The molecule has 3 aromatic rings. The first-order chi connectivity index (χ1) is 15.0. The van der Waals surface area contributed by atoms with Crippen LogP contribution in [-0.4, -0.2) is 72.8 Å². The van der Waals surface area contributed by atoms with E-state index in [2.05, 4.69) is 14.9 Å². The van der Waals surface area contributed by atoms with Crippen molar-refractivity contribution in [1.82, 2.24) is 19.2 Å². The van der Waals surface area contributed by atoms with Gasteiger partial charge in [-0.25, -0.2) is 13.4 Å². The first-order valence-corrected chi connectivity index (χ1v) is 12.0. The molecule has 0 spiro atoms. The molecule has 0 saturated carbocycles. The Morgan fingerprint density at radius 3 is 2.35 bits per heavy atom. The summed E-state index contributed by atoms with van der Waals surface area (Å²) >= 11 is 0. The van der Waals surface area contributed by atoms with Crippen LogP contribution in [-0.2, 0) is 10.0 Å². The van der Waals surface area contributed by atoms with E-state index < -0.39 is 10.0 Å². The molecule has 31 heavy (non-hydrogen) atoms. The molecule has 2 fully saturated rings. The van der Waals surface area contributed by atoms with Gasteiger partial charge in [-0.1, -0.05) is 18.2 Å². The molecule has 8 nitrogen and oxygen atoms in total. The van der Waals surface area contributed by atoms with Crippen LogP contribution in [0.15, 0.2) is 53.6 Å². The van der Waals surface area contributed by atoms with Crippen LogP contribution >= 0.6 is 0 Å². The van der Waals surface area contributed by atoms with E-state index in [1.807, 2.05) is 35.2 Å². The number of nitrogens with one attached hydrogen (secondary N) is 1. The number of hydrogen-bond donors (Lipinski definition) is 1. The van der Waals surface area contributed by atoms with E-state index in [1.54, 1.807) is 12.1 Å². The van der Waals surface area contributed by atoms with Gasteiger partial charge < -0.3 is 14.8 Å². The molecular formula is C22H25N5O3S. The SMILES string of the molecule is O=C(c1cc2ccccc2[nH]1)N1CCN(c2ccc(S(=O)(=O)N3CCCC3)cn2)CC1. The highest BCUT2D eigenvalue weighted by molar-refractivity contribution is 7.89. The molecule has 0 bridgehead atoms. The van der Waals surface area contributed by atoms with Crippen LogP contribution in [0.4, 0.5) is 5.82 Å². The summed E-state index contributed by atoms with van der Waals surface area (Å²) in [6.45, 7) is 3.63. The number of sulfonamides is 1. The number of nitrogens with zero attached hydrogens (tertiary/aromatic N) is 4. The number of carbonyl (C=O) groups excluding carboxylic acids is 1. The van der Waals surface area contributed by atoms with Gasteiger partial charge in [0.15, 0.2) is 0 Å². The van der Waals surface area contributed by atoms with Crippen LogP contribution in [0, 0.1) is 0 Å². The molecule has 4 heterocycles. The van der Waals surface area contributed by atoms with Crippen LogP contribution < -0.4 is 4.90 Å². The molecule has 1 amide bonds. The van der Waals surface area contributed by atoms with Gasteiger partial charge in [0.2, 0.25) is 10.0 Å². The van der Waals surface area contributed by atoms with Gasteiger partial charge >= 0.3 is 0 Å². The second-order valence-electron chi connectivity index (χ2n) is 8.01. The standard InChI is InChI=1S/C22H25N5O3S/c28-22(20-15-17-5-1-2-6-19(17)24-20)26-13-11-25(12-14-26)21-8-7-18(16-23-21)31(29,30)27-9-3-4-10-27/h1-2,5-8,15-16,24H,3-4,9-14H2. The van der Waals surface area contributed by atoms with Gasteiger partial charge in [0.25, 0.3) is 5.91 Å². The smallest absolute Gasteiger partial charge is 0.270 e. The Hall–Kier alpha value is -2.91. The normalized spacial score (nSPS) is 18.1. The van der Waals surface area contributed by atoms with Crippen molar-refractivity contribution in [1.29, 1.82) is 0 Å². The van der Waals surface area contributed by atoms with E-state index in [0.29, 0.717) is 45.0 Å². The summed E-state index contributed by atoms with van der Waals surface area (Å²) in [5, 5.41) is 1.03. The summed E-state index contributed by atoms with van der Waals surface area (Å²) in [6, 6.07) is 13.1. The number of aromatic amines is 1. The minimum atomic E-state index is -3.45. The number of anilines is 1. The number of rotatable bonds is 4. The third-order valence-electron chi connectivity index (χ3n) is 6.07. The zero-order valence-corrected chi connectivity index (χ0v) is 18.0. The number of aromatic nitrogens is 2. The van der Waals surface area contributed by atoms with E-state index in [4.69, 9.17) is 0 Å². The molecule has 1 N–H and O–H groups in total. The molecule has 2 saturated heterocycles. The quantitative estimate of drug-likeness (QED) is 0.674. The number of para-hydroxylation sites is 1. The third-order valence-corrected chi connectivity index (χ3v) is 7.96. The molecule has 0 unspecified atom stereocenters. The maximum absolute atomic E-state index is 12.9. The van der Waals surface area contributed by atoms with E-state index in [-0.39, 0.29) is 10.8 Å². The predicted octanol–water partition coefficient (Wildman–Crippen LogP) is 2.31. The Labute approximate surface area is 181 Å². The largest absolute Gasteiger partial charge is 0.353 e. The first kappa shape index (κ1) is 20.0. The van der Waals surface area contributed by atoms with Gasteiger partial charge in [-0.15, -0.1) is 0 Å². The fourth-order valence-electron chi connectivity index (χ4n) is 4.29. The lowest BCUT2D eigenvalue weighted by Crippen LogP contribution is -2.49. The molecule has 2 aliphatic heterocycles. The number of carbonyl (C=O) groups is 1. The molecule has 1 aromatic carbocycles. The Bertz CT molecular complexity index is 1160. The number of fused-ring (bicyclic) bond motifs is 1. The van der Waals surface area contributed by atoms with Gasteiger partial charge in [-0.05, 0) is 37.1 Å². The predicted molar refractivity (Wildman–Crippen MR) is 119 cm³/mol. The Morgan fingerprint density at radius 2 is 1.68 bits per heavy atom. The number of benzene rings is 1. The minimum Gasteiger partial charge on any atom is -0.353 e. The van der Waals surface area contributed by atoms with E-state index in [1.165, 1.54) is 10.5 Å². The van der Waals surface area contributed by atoms with E-state index in [0.717, 1.165) is 29.6 Å². The molecular weight excluding hydrogens is 414 g/mol. The molecule has 0 radical (unpaired) electrons. The second-order valence-corrected chi connectivity index (χ2v) is 9.95. The fourth-order valence-corrected chi connectivity index (χ4v) is 5.75. The van der Waals surface area contributed by atoms with E-state index in [9.17, 15) is 13.2 Å². The van der Waals surface area contributed by atoms with Crippen molar-refractivity contribution < 1.29 is 13.2 Å². The molecule has 2 aliphatic rings. The molecule has 162 valence electrons. The summed E-state index contributed by atoms with van der Waals surface area (Å²) in [6.07, 6.45) is 3.27. The topological polar surface area (TPSA) is 89.6 Å². The molecule has 5 rings (SSSR count). The lowest BCUT2D eigenvalue weighted by atomic mass is 10.2. The van der Waals surface area contributed by atoms with Crippen molar-refractivity contribution in [3.63, 3.8) is 0 Å². The number of amides is 1. The Balaban J connectivity index is 1.23. The lowest BCUT2D eigenvalue weighted by molar-refractivity contribution is 0.0741. The average Bonchev–Trinajstić information content (AvgIpc) is 3.49. The third kappa shape index (κ3) is 3.79.